The van der Waals surface area contributed by atoms with Gasteiger partial charge in [0.2, 0.25) is 0 Å². The molecule has 0 aliphatic carbocycles. The highest BCUT2D eigenvalue weighted by Crippen LogP contribution is 2.11. The van der Waals surface area contributed by atoms with Crippen molar-refractivity contribution in [2.24, 2.45) is 0 Å². The van der Waals surface area contributed by atoms with Crippen LogP contribution in [0.15, 0.2) is 12.4 Å². The Morgan fingerprint density at radius 3 is 2.89 bits per heavy atom. The average Bonchev–Trinajstić information content (AvgIpc) is 2.77. The van der Waals surface area contributed by atoms with Crippen molar-refractivity contribution in [2.45, 2.75) is 32.0 Å². The lowest BCUT2D eigenvalue weighted by molar-refractivity contribution is 0.0432. The number of aromatic nitrogens is 2. The SMILES string of the molecule is CCC1CN(CC(O)Cn2cc(N)cn2)CCN1C. The summed E-state index contributed by atoms with van der Waals surface area (Å²) >= 11 is 0. The second-order valence-electron chi connectivity index (χ2n) is 5.45. The lowest BCUT2D eigenvalue weighted by Crippen LogP contribution is -2.53. The highest BCUT2D eigenvalue weighted by atomic mass is 16.3. The van der Waals surface area contributed by atoms with Crippen molar-refractivity contribution < 1.29 is 5.11 Å². The molecule has 0 amide bonds. The molecule has 0 radical (unpaired) electrons. The maximum Gasteiger partial charge on any atom is 0.0862 e. The summed E-state index contributed by atoms with van der Waals surface area (Å²) in [4.78, 5) is 4.74. The van der Waals surface area contributed by atoms with E-state index in [2.05, 4.69) is 28.9 Å². The molecule has 2 unspecified atom stereocenters. The number of aliphatic hydroxyl groups is 1. The van der Waals surface area contributed by atoms with E-state index in [0.717, 1.165) is 26.1 Å². The van der Waals surface area contributed by atoms with Crippen LogP contribution in [0, 0.1) is 0 Å². The molecule has 3 N–H and O–H groups in total. The fraction of sp³-hybridized carbons (Fsp3) is 0.769. The number of rotatable bonds is 5. The lowest BCUT2D eigenvalue weighted by Gasteiger charge is -2.39. The molecular formula is C13H25N5O. The lowest BCUT2D eigenvalue weighted by atomic mass is 10.1. The van der Waals surface area contributed by atoms with Crippen molar-refractivity contribution in [1.29, 1.82) is 0 Å². The van der Waals surface area contributed by atoms with Gasteiger partial charge in [0.1, 0.15) is 0 Å². The van der Waals surface area contributed by atoms with Crippen LogP contribution in [0.5, 0.6) is 0 Å². The first-order chi connectivity index (χ1) is 9.08. The minimum absolute atomic E-state index is 0.403. The summed E-state index contributed by atoms with van der Waals surface area (Å²) in [5.41, 5.74) is 6.25. The Balaban J connectivity index is 1.80. The number of piperazine rings is 1. The summed E-state index contributed by atoms with van der Waals surface area (Å²) in [5, 5.41) is 14.2. The summed E-state index contributed by atoms with van der Waals surface area (Å²) in [6, 6.07) is 0.598. The summed E-state index contributed by atoms with van der Waals surface area (Å²) < 4.78 is 1.70. The Morgan fingerprint density at radius 2 is 2.26 bits per heavy atom. The number of β-amino-alcohol motifs (C(OH)–C–C–N with tert-alkyl or cyclic N) is 1. The molecule has 2 heterocycles. The molecule has 1 aromatic heterocycles. The van der Waals surface area contributed by atoms with Crippen molar-refractivity contribution in [1.82, 2.24) is 19.6 Å². The van der Waals surface area contributed by atoms with Gasteiger partial charge in [0.15, 0.2) is 0 Å². The Bertz CT molecular complexity index is 394. The maximum atomic E-state index is 10.1. The van der Waals surface area contributed by atoms with Crippen LogP contribution in [0.1, 0.15) is 13.3 Å². The molecule has 1 saturated heterocycles. The number of likely N-dealkylation sites (N-methyl/N-ethyl adjacent to an activating group) is 1. The third kappa shape index (κ3) is 3.92. The molecule has 108 valence electrons. The zero-order valence-electron chi connectivity index (χ0n) is 11.9. The molecule has 2 atom stereocenters. The number of nitrogens with zero attached hydrogens (tertiary/aromatic N) is 4. The molecule has 2 rings (SSSR count). The van der Waals surface area contributed by atoms with Gasteiger partial charge >= 0.3 is 0 Å². The van der Waals surface area contributed by atoms with Crippen LogP contribution >= 0.6 is 0 Å². The van der Waals surface area contributed by atoms with Gasteiger partial charge in [0.05, 0.1) is 24.5 Å². The second-order valence-corrected chi connectivity index (χ2v) is 5.45. The number of hydrogen-bond donors (Lipinski definition) is 2. The number of anilines is 1. The smallest absolute Gasteiger partial charge is 0.0862 e. The van der Waals surface area contributed by atoms with Crippen LogP contribution < -0.4 is 5.73 Å². The number of hydrogen-bond acceptors (Lipinski definition) is 5. The average molecular weight is 267 g/mol. The van der Waals surface area contributed by atoms with Gasteiger partial charge in [0.25, 0.3) is 0 Å². The molecule has 1 aliphatic rings. The molecule has 0 aromatic carbocycles. The van der Waals surface area contributed by atoms with Gasteiger partial charge < -0.3 is 15.7 Å². The highest BCUT2D eigenvalue weighted by molar-refractivity contribution is 5.30. The van der Waals surface area contributed by atoms with Crippen LogP contribution in [-0.4, -0.2) is 70.1 Å². The zero-order valence-corrected chi connectivity index (χ0v) is 11.9. The molecule has 1 aliphatic heterocycles. The quantitative estimate of drug-likeness (QED) is 0.776. The van der Waals surface area contributed by atoms with Gasteiger partial charge in [-0.15, -0.1) is 0 Å². The highest BCUT2D eigenvalue weighted by Gasteiger charge is 2.24. The number of nitrogens with two attached hydrogens (primary N) is 1. The van der Waals surface area contributed by atoms with E-state index in [-0.39, 0.29) is 0 Å². The Hall–Kier alpha value is -1.11. The Kier molecular flexibility index (Phi) is 4.79. The van der Waals surface area contributed by atoms with Crippen molar-refractivity contribution in [3.8, 4) is 0 Å². The first kappa shape index (κ1) is 14.3. The molecule has 6 nitrogen and oxygen atoms in total. The minimum Gasteiger partial charge on any atom is -0.396 e. The molecule has 1 fully saturated rings. The molecule has 0 spiro atoms. The molecule has 19 heavy (non-hydrogen) atoms. The van der Waals surface area contributed by atoms with E-state index < -0.39 is 6.10 Å². The van der Waals surface area contributed by atoms with Crippen LogP contribution in [0.2, 0.25) is 0 Å². The Labute approximate surface area is 114 Å². The van der Waals surface area contributed by atoms with E-state index in [0.29, 0.717) is 24.8 Å². The van der Waals surface area contributed by atoms with E-state index >= 15 is 0 Å². The monoisotopic (exact) mass is 267 g/mol. The fourth-order valence-corrected chi connectivity index (χ4v) is 2.67. The van der Waals surface area contributed by atoms with Crippen molar-refractivity contribution in [2.75, 3.05) is 39.0 Å². The van der Waals surface area contributed by atoms with E-state index in [1.807, 2.05) is 0 Å². The molecule has 1 aromatic rings. The maximum absolute atomic E-state index is 10.1. The fourth-order valence-electron chi connectivity index (χ4n) is 2.67. The van der Waals surface area contributed by atoms with E-state index in [4.69, 9.17) is 5.73 Å². The normalized spacial score (nSPS) is 23.6. The number of aliphatic hydroxyl groups excluding tert-OH is 1. The van der Waals surface area contributed by atoms with Gasteiger partial charge in [-0.3, -0.25) is 9.58 Å². The summed E-state index contributed by atoms with van der Waals surface area (Å²) in [5.74, 6) is 0. The third-order valence-electron chi connectivity index (χ3n) is 3.85. The van der Waals surface area contributed by atoms with E-state index in [9.17, 15) is 5.11 Å². The standard InChI is InChI=1S/C13H25N5O/c1-3-12-8-17(5-4-16(12)2)9-13(19)10-18-7-11(14)6-15-18/h6-7,12-13,19H,3-5,8-10,14H2,1-2H3. The molecule has 0 bridgehead atoms. The van der Waals surface area contributed by atoms with Gasteiger partial charge in [-0.05, 0) is 13.5 Å². The molecular weight excluding hydrogens is 242 g/mol. The molecule has 0 saturated carbocycles. The zero-order chi connectivity index (χ0) is 13.8. The summed E-state index contributed by atoms with van der Waals surface area (Å²) in [6.45, 7) is 6.54. The number of nitrogen functional groups attached to an aromatic ring is 1. The van der Waals surface area contributed by atoms with Gasteiger partial charge in [-0.25, -0.2) is 0 Å². The van der Waals surface area contributed by atoms with Crippen LogP contribution in [0.25, 0.3) is 0 Å². The topological polar surface area (TPSA) is 70.5 Å². The largest absolute Gasteiger partial charge is 0.396 e. The van der Waals surface area contributed by atoms with Crippen LogP contribution in [0.4, 0.5) is 5.69 Å². The Morgan fingerprint density at radius 1 is 1.47 bits per heavy atom. The van der Waals surface area contributed by atoms with E-state index in [1.165, 1.54) is 0 Å². The van der Waals surface area contributed by atoms with Gasteiger partial charge in [-0.2, -0.15) is 5.10 Å². The predicted octanol–water partition coefficient (Wildman–Crippen LogP) is -0.148. The first-order valence-corrected chi connectivity index (χ1v) is 6.97. The summed E-state index contributed by atoms with van der Waals surface area (Å²) in [6.07, 6.45) is 4.11. The van der Waals surface area contributed by atoms with Crippen molar-refractivity contribution in [3.63, 3.8) is 0 Å². The van der Waals surface area contributed by atoms with Crippen LogP contribution in [-0.2, 0) is 6.54 Å². The van der Waals surface area contributed by atoms with Crippen molar-refractivity contribution >= 4 is 5.69 Å². The minimum atomic E-state index is -0.403. The second kappa shape index (κ2) is 6.36. The predicted molar refractivity (Wildman–Crippen MR) is 75.8 cm³/mol. The first-order valence-electron chi connectivity index (χ1n) is 6.97. The summed E-state index contributed by atoms with van der Waals surface area (Å²) in [7, 11) is 2.18. The third-order valence-corrected chi connectivity index (χ3v) is 3.85. The van der Waals surface area contributed by atoms with Crippen molar-refractivity contribution in [3.05, 3.63) is 12.4 Å². The molecule has 6 heteroatoms. The van der Waals surface area contributed by atoms with E-state index in [1.54, 1.807) is 17.1 Å². The van der Waals surface area contributed by atoms with Gasteiger partial charge in [-0.1, -0.05) is 6.92 Å². The van der Waals surface area contributed by atoms with Gasteiger partial charge in [0, 0.05) is 38.4 Å². The van der Waals surface area contributed by atoms with Crippen LogP contribution in [0.3, 0.4) is 0 Å².